The Morgan fingerprint density at radius 1 is 1.00 bits per heavy atom. The van der Waals surface area contributed by atoms with E-state index in [2.05, 4.69) is 5.32 Å². The Hall–Kier alpha value is -3.15. The van der Waals surface area contributed by atoms with Crippen molar-refractivity contribution in [3.05, 3.63) is 59.2 Å². The smallest absolute Gasteiger partial charge is 0.337 e. The van der Waals surface area contributed by atoms with Gasteiger partial charge >= 0.3 is 5.97 Å². The van der Waals surface area contributed by atoms with Gasteiger partial charge in [0.1, 0.15) is 12.4 Å². The minimum absolute atomic E-state index is 0.105. The average molecular weight is 341 g/mol. The lowest BCUT2D eigenvalue weighted by Crippen LogP contribution is -2.09. The quantitative estimate of drug-likeness (QED) is 0.644. The van der Waals surface area contributed by atoms with Crippen molar-refractivity contribution < 1.29 is 23.9 Å². The molecule has 2 aromatic carbocycles. The molecule has 0 aliphatic carbocycles. The monoisotopic (exact) mass is 341 g/mol. The van der Waals surface area contributed by atoms with Crippen molar-refractivity contribution in [2.45, 2.75) is 20.5 Å². The first-order valence-corrected chi connectivity index (χ1v) is 7.63. The van der Waals surface area contributed by atoms with Crippen molar-refractivity contribution in [1.29, 1.82) is 0 Å². The number of hydrogen-bond acceptors (Lipinski definition) is 5. The Morgan fingerprint density at radius 2 is 1.76 bits per heavy atom. The standard InChI is InChI=1S/C19H19NO5/c1-12(21)15-7-8-17(20-13(2)22)18(10-15)25-11-14-5-4-6-16(9-14)19(23)24-3/h4-10H,11H2,1-3H3,(H,20,22). The summed E-state index contributed by atoms with van der Waals surface area (Å²) in [7, 11) is 1.32. The predicted molar refractivity (Wildman–Crippen MR) is 92.9 cm³/mol. The molecule has 0 radical (unpaired) electrons. The number of esters is 1. The Balaban J connectivity index is 2.23. The van der Waals surface area contributed by atoms with Crippen molar-refractivity contribution in [3.63, 3.8) is 0 Å². The first-order chi connectivity index (χ1) is 11.9. The summed E-state index contributed by atoms with van der Waals surface area (Å²) in [4.78, 5) is 34.5. The number of amides is 1. The number of hydrogen-bond donors (Lipinski definition) is 1. The topological polar surface area (TPSA) is 81.7 Å². The lowest BCUT2D eigenvalue weighted by molar-refractivity contribution is -0.114. The summed E-state index contributed by atoms with van der Waals surface area (Å²) in [5.41, 5.74) is 2.13. The predicted octanol–water partition coefficient (Wildman–Crippen LogP) is 3.21. The van der Waals surface area contributed by atoms with Gasteiger partial charge in [0.25, 0.3) is 0 Å². The molecule has 1 amide bonds. The van der Waals surface area contributed by atoms with E-state index in [0.717, 1.165) is 5.56 Å². The highest BCUT2D eigenvalue weighted by Crippen LogP contribution is 2.27. The van der Waals surface area contributed by atoms with Gasteiger partial charge in [0.05, 0.1) is 18.4 Å². The van der Waals surface area contributed by atoms with E-state index in [1.165, 1.54) is 21.0 Å². The lowest BCUT2D eigenvalue weighted by Gasteiger charge is -2.13. The van der Waals surface area contributed by atoms with Crippen molar-refractivity contribution >= 4 is 23.3 Å². The van der Waals surface area contributed by atoms with Gasteiger partial charge in [-0.1, -0.05) is 12.1 Å². The van der Waals surface area contributed by atoms with E-state index in [1.54, 1.807) is 42.5 Å². The third kappa shape index (κ3) is 4.91. The van der Waals surface area contributed by atoms with Gasteiger partial charge in [0.2, 0.25) is 5.91 Å². The van der Waals surface area contributed by atoms with Crippen LogP contribution in [-0.2, 0) is 16.1 Å². The maximum Gasteiger partial charge on any atom is 0.337 e. The third-order valence-corrected chi connectivity index (χ3v) is 3.44. The van der Waals surface area contributed by atoms with E-state index in [0.29, 0.717) is 22.6 Å². The number of Topliss-reactive ketones (excluding diaryl/α,β-unsaturated/α-hetero) is 1. The molecule has 0 heterocycles. The molecule has 0 spiro atoms. The zero-order valence-corrected chi connectivity index (χ0v) is 14.3. The lowest BCUT2D eigenvalue weighted by atomic mass is 10.1. The summed E-state index contributed by atoms with van der Waals surface area (Å²) in [6.07, 6.45) is 0. The molecule has 0 unspecified atom stereocenters. The fourth-order valence-electron chi connectivity index (χ4n) is 2.22. The third-order valence-electron chi connectivity index (χ3n) is 3.44. The highest BCUT2D eigenvalue weighted by atomic mass is 16.5. The number of rotatable bonds is 6. The molecule has 0 fully saturated rings. The van der Waals surface area contributed by atoms with Crippen molar-refractivity contribution in [3.8, 4) is 5.75 Å². The van der Waals surface area contributed by atoms with Crippen LogP contribution in [0.3, 0.4) is 0 Å². The van der Waals surface area contributed by atoms with Gasteiger partial charge in [0, 0.05) is 12.5 Å². The molecule has 6 nitrogen and oxygen atoms in total. The molecule has 0 aliphatic rings. The minimum atomic E-state index is -0.431. The van der Waals surface area contributed by atoms with Crippen LogP contribution in [0.5, 0.6) is 5.75 Å². The zero-order chi connectivity index (χ0) is 18.4. The number of methoxy groups -OCH3 is 1. The fourth-order valence-corrected chi connectivity index (χ4v) is 2.22. The Bertz CT molecular complexity index is 813. The van der Waals surface area contributed by atoms with E-state index in [4.69, 9.17) is 9.47 Å². The molecule has 6 heteroatoms. The SMILES string of the molecule is COC(=O)c1cccc(COc2cc(C(C)=O)ccc2NC(C)=O)c1. The molecule has 0 saturated carbocycles. The van der Waals surface area contributed by atoms with Gasteiger partial charge in [-0.25, -0.2) is 4.79 Å². The Morgan fingerprint density at radius 3 is 2.40 bits per heavy atom. The number of carbonyl (C=O) groups excluding carboxylic acids is 3. The molecule has 2 aromatic rings. The van der Waals surface area contributed by atoms with Gasteiger partial charge in [-0.15, -0.1) is 0 Å². The van der Waals surface area contributed by atoms with Gasteiger partial charge in [-0.05, 0) is 42.8 Å². The second-order valence-corrected chi connectivity index (χ2v) is 5.43. The number of ketones is 1. The normalized spacial score (nSPS) is 10.0. The summed E-state index contributed by atoms with van der Waals surface area (Å²) in [6, 6.07) is 11.7. The van der Waals surface area contributed by atoms with E-state index in [9.17, 15) is 14.4 Å². The van der Waals surface area contributed by atoms with Gasteiger partial charge in [-0.3, -0.25) is 9.59 Å². The number of carbonyl (C=O) groups is 3. The van der Waals surface area contributed by atoms with Crippen LogP contribution in [0.1, 0.15) is 40.1 Å². The summed E-state index contributed by atoms with van der Waals surface area (Å²) < 4.78 is 10.5. The summed E-state index contributed by atoms with van der Waals surface area (Å²) in [6.45, 7) is 3.01. The first-order valence-electron chi connectivity index (χ1n) is 7.63. The van der Waals surface area contributed by atoms with E-state index in [1.807, 2.05) is 0 Å². The molecule has 130 valence electrons. The average Bonchev–Trinajstić information content (AvgIpc) is 2.59. The summed E-state index contributed by atoms with van der Waals surface area (Å²) in [5, 5.41) is 2.67. The Kier molecular flexibility index (Phi) is 5.89. The van der Waals surface area contributed by atoms with Crippen LogP contribution in [0.2, 0.25) is 0 Å². The fraction of sp³-hybridized carbons (Fsp3) is 0.211. The van der Waals surface area contributed by atoms with E-state index < -0.39 is 5.97 Å². The second kappa shape index (κ2) is 8.10. The van der Waals surface area contributed by atoms with E-state index >= 15 is 0 Å². The molecule has 0 bridgehead atoms. The second-order valence-electron chi connectivity index (χ2n) is 5.43. The van der Waals surface area contributed by atoms with Crippen molar-refractivity contribution in [2.24, 2.45) is 0 Å². The molecular weight excluding hydrogens is 322 g/mol. The maximum atomic E-state index is 11.6. The minimum Gasteiger partial charge on any atom is -0.487 e. The Labute approximate surface area is 145 Å². The van der Waals surface area contributed by atoms with Crippen LogP contribution in [0.25, 0.3) is 0 Å². The van der Waals surface area contributed by atoms with Crippen LogP contribution in [0, 0.1) is 0 Å². The van der Waals surface area contributed by atoms with Crippen LogP contribution < -0.4 is 10.1 Å². The number of nitrogens with one attached hydrogen (secondary N) is 1. The summed E-state index contributed by atoms with van der Waals surface area (Å²) in [5.74, 6) is -0.397. The summed E-state index contributed by atoms with van der Waals surface area (Å²) >= 11 is 0. The highest BCUT2D eigenvalue weighted by Gasteiger charge is 2.11. The largest absolute Gasteiger partial charge is 0.487 e. The molecule has 0 aromatic heterocycles. The van der Waals surface area contributed by atoms with Crippen LogP contribution in [-0.4, -0.2) is 24.8 Å². The number of anilines is 1. The molecule has 2 rings (SSSR count). The van der Waals surface area contributed by atoms with Crippen LogP contribution in [0.15, 0.2) is 42.5 Å². The number of benzene rings is 2. The van der Waals surface area contributed by atoms with Gasteiger partial charge in [0.15, 0.2) is 5.78 Å². The molecule has 0 aliphatic heterocycles. The number of ether oxygens (including phenoxy) is 2. The van der Waals surface area contributed by atoms with E-state index in [-0.39, 0.29) is 18.3 Å². The molecule has 25 heavy (non-hydrogen) atoms. The zero-order valence-electron chi connectivity index (χ0n) is 14.3. The van der Waals surface area contributed by atoms with Gasteiger partial charge in [-0.2, -0.15) is 0 Å². The molecule has 0 saturated heterocycles. The molecule has 0 atom stereocenters. The van der Waals surface area contributed by atoms with Crippen LogP contribution >= 0.6 is 0 Å². The first kappa shape index (κ1) is 18.2. The molecule has 1 N–H and O–H groups in total. The van der Waals surface area contributed by atoms with Crippen molar-refractivity contribution in [2.75, 3.05) is 12.4 Å². The van der Waals surface area contributed by atoms with Crippen LogP contribution in [0.4, 0.5) is 5.69 Å². The highest BCUT2D eigenvalue weighted by molar-refractivity contribution is 5.96. The molecular formula is C19H19NO5. The maximum absolute atomic E-state index is 11.6. The van der Waals surface area contributed by atoms with Gasteiger partial charge < -0.3 is 14.8 Å². The van der Waals surface area contributed by atoms with Crippen molar-refractivity contribution in [1.82, 2.24) is 0 Å².